The Morgan fingerprint density at radius 1 is 1.15 bits per heavy atom. The van der Waals surface area contributed by atoms with Crippen molar-refractivity contribution in [2.75, 3.05) is 7.11 Å². The highest BCUT2D eigenvalue weighted by atomic mass is 16.5. The molecule has 0 spiro atoms. The maximum absolute atomic E-state index is 11.0. The lowest BCUT2D eigenvalue weighted by Gasteiger charge is -2.24. The highest BCUT2D eigenvalue weighted by Crippen LogP contribution is 2.31. The number of aliphatic hydroxyl groups excluding tert-OH is 1. The summed E-state index contributed by atoms with van der Waals surface area (Å²) in [7, 11) is 1.66. The van der Waals surface area contributed by atoms with Crippen LogP contribution in [0.15, 0.2) is 42.5 Å². The molecule has 0 amide bonds. The van der Waals surface area contributed by atoms with Crippen molar-refractivity contribution in [3.63, 3.8) is 0 Å². The van der Waals surface area contributed by atoms with E-state index in [1.54, 1.807) is 21.0 Å². The summed E-state index contributed by atoms with van der Waals surface area (Å²) < 4.78 is 5.45. The van der Waals surface area contributed by atoms with Gasteiger partial charge in [0.25, 0.3) is 0 Å². The lowest BCUT2D eigenvalue weighted by Crippen LogP contribution is -2.47. The zero-order valence-electron chi connectivity index (χ0n) is 15.7. The molecule has 3 N–H and O–H groups in total. The molecule has 0 aromatic heterocycles. The smallest absolute Gasteiger partial charge is 0.320 e. The summed E-state index contributed by atoms with van der Waals surface area (Å²) in [5.41, 5.74) is 4.26. The molecule has 0 aliphatic heterocycles. The van der Waals surface area contributed by atoms with E-state index in [1.807, 2.05) is 43.3 Å². The molecule has 0 aliphatic carbocycles. The van der Waals surface area contributed by atoms with Gasteiger partial charge in [-0.25, -0.2) is 0 Å². The average molecular weight is 357 g/mol. The standard InChI is InChI=1S/C21H27NO4/c1-13-5-10-20(26-4)18(11-13)17-8-6-16(7-9-17)12-19(15(3)23)22-14(2)21(24)25/h5-11,14-15,19,22-23H,12H2,1-4H3,(H,24,25)/t14?,15-,19?/m0/s1. The molecular weight excluding hydrogens is 330 g/mol. The highest BCUT2D eigenvalue weighted by molar-refractivity contribution is 5.73. The van der Waals surface area contributed by atoms with E-state index in [-0.39, 0.29) is 6.04 Å². The summed E-state index contributed by atoms with van der Waals surface area (Å²) in [4.78, 5) is 11.0. The van der Waals surface area contributed by atoms with Gasteiger partial charge in [0, 0.05) is 11.6 Å². The predicted molar refractivity (Wildman–Crippen MR) is 103 cm³/mol. The third kappa shape index (κ3) is 5.07. The second-order valence-electron chi connectivity index (χ2n) is 6.68. The van der Waals surface area contributed by atoms with E-state index in [1.165, 1.54) is 0 Å². The van der Waals surface area contributed by atoms with Crippen LogP contribution >= 0.6 is 0 Å². The molecule has 2 aromatic carbocycles. The topological polar surface area (TPSA) is 78.8 Å². The Hall–Kier alpha value is -2.37. The summed E-state index contributed by atoms with van der Waals surface area (Å²) in [5.74, 6) is -0.111. The summed E-state index contributed by atoms with van der Waals surface area (Å²) >= 11 is 0. The number of hydrogen-bond donors (Lipinski definition) is 3. The van der Waals surface area contributed by atoms with Gasteiger partial charge in [0.15, 0.2) is 0 Å². The van der Waals surface area contributed by atoms with Crippen LogP contribution in [0.25, 0.3) is 11.1 Å². The van der Waals surface area contributed by atoms with E-state index in [9.17, 15) is 9.90 Å². The minimum Gasteiger partial charge on any atom is -0.496 e. The van der Waals surface area contributed by atoms with E-state index in [0.717, 1.165) is 28.0 Å². The first-order valence-corrected chi connectivity index (χ1v) is 8.72. The number of benzene rings is 2. The van der Waals surface area contributed by atoms with Crippen LogP contribution in [0.1, 0.15) is 25.0 Å². The summed E-state index contributed by atoms with van der Waals surface area (Å²) in [6.07, 6.45) is -0.117. The first kappa shape index (κ1) is 19.9. The fraction of sp³-hybridized carbons (Fsp3) is 0.381. The lowest BCUT2D eigenvalue weighted by molar-refractivity contribution is -0.139. The summed E-state index contributed by atoms with van der Waals surface area (Å²) in [5, 5.41) is 22.0. The van der Waals surface area contributed by atoms with Gasteiger partial charge in [0.05, 0.1) is 13.2 Å². The number of carboxylic acids is 1. The molecule has 2 rings (SSSR count). The van der Waals surface area contributed by atoms with Gasteiger partial charge in [0.2, 0.25) is 0 Å². The van der Waals surface area contributed by atoms with Gasteiger partial charge in [-0.05, 0) is 50.5 Å². The number of methoxy groups -OCH3 is 1. The van der Waals surface area contributed by atoms with Crippen LogP contribution in [0.5, 0.6) is 5.75 Å². The fourth-order valence-corrected chi connectivity index (χ4v) is 2.88. The zero-order chi connectivity index (χ0) is 19.3. The zero-order valence-corrected chi connectivity index (χ0v) is 15.7. The number of rotatable bonds is 8. The van der Waals surface area contributed by atoms with Gasteiger partial charge < -0.3 is 14.9 Å². The third-order valence-corrected chi connectivity index (χ3v) is 4.49. The second kappa shape index (κ2) is 8.83. The highest BCUT2D eigenvalue weighted by Gasteiger charge is 2.21. The Bertz CT molecular complexity index is 740. The minimum atomic E-state index is -0.933. The normalized spacial score (nSPS) is 14.5. The number of aliphatic carboxylic acids is 1. The maximum Gasteiger partial charge on any atom is 0.320 e. The number of ether oxygens (including phenoxy) is 1. The molecule has 2 unspecified atom stereocenters. The first-order chi connectivity index (χ1) is 12.3. The molecule has 5 nitrogen and oxygen atoms in total. The van der Waals surface area contributed by atoms with Crippen LogP contribution < -0.4 is 10.1 Å². The van der Waals surface area contributed by atoms with Crippen molar-refractivity contribution in [3.8, 4) is 16.9 Å². The molecule has 3 atom stereocenters. The van der Waals surface area contributed by atoms with Gasteiger partial charge in [-0.1, -0.05) is 35.9 Å². The monoisotopic (exact) mass is 357 g/mol. The SMILES string of the molecule is COc1ccc(C)cc1-c1ccc(CC(NC(C)C(=O)O)[C@H](C)O)cc1. The van der Waals surface area contributed by atoms with Crippen LogP contribution in [0, 0.1) is 6.92 Å². The first-order valence-electron chi connectivity index (χ1n) is 8.72. The van der Waals surface area contributed by atoms with Gasteiger partial charge in [0.1, 0.15) is 11.8 Å². The molecule has 2 aromatic rings. The van der Waals surface area contributed by atoms with Gasteiger partial charge in [-0.2, -0.15) is 0 Å². The summed E-state index contributed by atoms with van der Waals surface area (Å²) in [6.45, 7) is 5.28. The molecule has 0 heterocycles. The van der Waals surface area contributed by atoms with Crippen LogP contribution in [-0.4, -0.2) is 41.5 Å². The van der Waals surface area contributed by atoms with Crippen LogP contribution in [0.4, 0.5) is 0 Å². The van der Waals surface area contributed by atoms with E-state index < -0.39 is 18.1 Å². The van der Waals surface area contributed by atoms with Crippen molar-refractivity contribution in [2.24, 2.45) is 0 Å². The molecule has 5 heteroatoms. The molecule has 0 bridgehead atoms. The number of carboxylic acid groups (broad SMARTS) is 1. The molecule has 0 radical (unpaired) electrons. The lowest BCUT2D eigenvalue weighted by atomic mass is 9.97. The van der Waals surface area contributed by atoms with Crippen molar-refractivity contribution in [2.45, 2.75) is 45.4 Å². The Morgan fingerprint density at radius 2 is 1.81 bits per heavy atom. The van der Waals surface area contributed by atoms with Crippen molar-refractivity contribution < 1.29 is 19.7 Å². The molecular formula is C21H27NO4. The molecule has 0 aliphatic rings. The van der Waals surface area contributed by atoms with Crippen molar-refractivity contribution in [3.05, 3.63) is 53.6 Å². The average Bonchev–Trinajstić information content (AvgIpc) is 2.61. The summed E-state index contributed by atoms with van der Waals surface area (Å²) in [6, 6.07) is 13.0. The molecule has 140 valence electrons. The minimum absolute atomic E-state index is 0.333. The van der Waals surface area contributed by atoms with E-state index >= 15 is 0 Å². The molecule has 26 heavy (non-hydrogen) atoms. The Kier molecular flexibility index (Phi) is 6.77. The Labute approximate surface area is 154 Å². The fourth-order valence-electron chi connectivity index (χ4n) is 2.88. The molecule has 0 saturated heterocycles. The number of aryl methyl sites for hydroxylation is 1. The van der Waals surface area contributed by atoms with Crippen molar-refractivity contribution >= 4 is 5.97 Å². The van der Waals surface area contributed by atoms with Gasteiger partial charge in [-0.15, -0.1) is 0 Å². The van der Waals surface area contributed by atoms with Crippen molar-refractivity contribution in [1.29, 1.82) is 0 Å². The van der Waals surface area contributed by atoms with Gasteiger partial charge in [-0.3, -0.25) is 10.1 Å². The predicted octanol–water partition coefficient (Wildman–Crippen LogP) is 3.03. The molecule has 0 fully saturated rings. The van der Waals surface area contributed by atoms with Crippen LogP contribution in [-0.2, 0) is 11.2 Å². The number of aliphatic hydroxyl groups is 1. The number of hydrogen-bond acceptors (Lipinski definition) is 4. The van der Waals surface area contributed by atoms with Gasteiger partial charge >= 0.3 is 5.97 Å². The largest absolute Gasteiger partial charge is 0.496 e. The van der Waals surface area contributed by atoms with Crippen LogP contribution in [0.2, 0.25) is 0 Å². The Balaban J connectivity index is 2.18. The second-order valence-corrected chi connectivity index (χ2v) is 6.68. The Morgan fingerprint density at radius 3 is 2.35 bits per heavy atom. The number of carbonyl (C=O) groups is 1. The molecule has 0 saturated carbocycles. The van der Waals surface area contributed by atoms with E-state index in [0.29, 0.717) is 6.42 Å². The third-order valence-electron chi connectivity index (χ3n) is 4.49. The van der Waals surface area contributed by atoms with E-state index in [4.69, 9.17) is 9.84 Å². The maximum atomic E-state index is 11.0. The number of nitrogens with one attached hydrogen (secondary N) is 1. The van der Waals surface area contributed by atoms with Crippen molar-refractivity contribution in [1.82, 2.24) is 5.32 Å². The van der Waals surface area contributed by atoms with E-state index in [2.05, 4.69) is 11.4 Å². The quantitative estimate of drug-likeness (QED) is 0.677. The van der Waals surface area contributed by atoms with Crippen LogP contribution in [0.3, 0.4) is 0 Å².